The van der Waals surface area contributed by atoms with Crippen LogP contribution in [-0.2, 0) is 0 Å². The molecule has 3 nitrogen and oxygen atoms in total. The number of rotatable bonds is 17. The maximum absolute atomic E-state index is 5.97. The third kappa shape index (κ3) is 10.2. The molecule has 2 N–H and O–H groups in total. The molecule has 0 unspecified atom stereocenters. The number of ether oxygens (including phenoxy) is 1. The van der Waals surface area contributed by atoms with Gasteiger partial charge in [0, 0.05) is 6.54 Å². The Morgan fingerprint density at radius 3 is 1.70 bits per heavy atom. The SMILES string of the molecule is CN(C)CCOc1ccc(/C(=C(/CCCCCCCCCCN)c2ccccc2)c2ccccc2)cc1. The van der Waals surface area contributed by atoms with E-state index in [9.17, 15) is 0 Å². The molecule has 0 spiro atoms. The van der Waals surface area contributed by atoms with E-state index in [1.807, 2.05) is 0 Å². The Bertz CT molecular complexity index is 1030. The van der Waals surface area contributed by atoms with Crippen LogP contribution >= 0.6 is 0 Å². The molecule has 0 amide bonds. The molecule has 3 aromatic carbocycles. The van der Waals surface area contributed by atoms with Crippen LogP contribution < -0.4 is 10.5 Å². The summed E-state index contributed by atoms with van der Waals surface area (Å²) in [6.07, 6.45) is 11.3. The topological polar surface area (TPSA) is 38.5 Å². The van der Waals surface area contributed by atoms with Gasteiger partial charge in [0.05, 0.1) is 0 Å². The molecule has 0 saturated carbocycles. The summed E-state index contributed by atoms with van der Waals surface area (Å²) in [5, 5.41) is 0. The standard InChI is InChI=1S/C34H46N2O/c1-36(2)27-28-37-32-24-22-31(23-25-32)34(30-19-13-10-14-20-30)33(29-17-11-9-12-18-29)21-15-7-5-3-4-6-8-16-26-35/h9-14,17-20,22-25H,3-8,15-16,21,26-28,35H2,1-2H3/b34-33-. The Hall–Kier alpha value is -2.88. The highest BCUT2D eigenvalue weighted by atomic mass is 16.5. The maximum atomic E-state index is 5.97. The smallest absolute Gasteiger partial charge is 0.119 e. The minimum atomic E-state index is 0.690. The highest BCUT2D eigenvalue weighted by Gasteiger charge is 2.14. The average molecular weight is 499 g/mol. The summed E-state index contributed by atoms with van der Waals surface area (Å²) in [7, 11) is 4.13. The van der Waals surface area contributed by atoms with E-state index in [4.69, 9.17) is 10.5 Å². The molecule has 0 aliphatic rings. The maximum Gasteiger partial charge on any atom is 0.119 e. The minimum Gasteiger partial charge on any atom is -0.492 e. The summed E-state index contributed by atoms with van der Waals surface area (Å²) in [5.41, 5.74) is 12.2. The molecule has 3 rings (SSSR count). The largest absolute Gasteiger partial charge is 0.492 e. The molecule has 0 heterocycles. The van der Waals surface area contributed by atoms with E-state index in [0.29, 0.717) is 6.61 Å². The summed E-state index contributed by atoms with van der Waals surface area (Å²) < 4.78 is 5.97. The van der Waals surface area contributed by atoms with E-state index >= 15 is 0 Å². The van der Waals surface area contributed by atoms with Gasteiger partial charge in [0.2, 0.25) is 0 Å². The molecule has 0 saturated heterocycles. The summed E-state index contributed by atoms with van der Waals surface area (Å²) in [5.74, 6) is 0.922. The first-order chi connectivity index (χ1) is 18.2. The van der Waals surface area contributed by atoms with Gasteiger partial charge < -0.3 is 15.4 Å². The molecular formula is C34H46N2O. The number of hydrogen-bond donors (Lipinski definition) is 1. The fourth-order valence-corrected chi connectivity index (χ4v) is 4.74. The van der Waals surface area contributed by atoms with E-state index < -0.39 is 0 Å². The predicted molar refractivity (Wildman–Crippen MR) is 160 cm³/mol. The first-order valence-corrected chi connectivity index (χ1v) is 14.1. The van der Waals surface area contributed by atoms with E-state index in [0.717, 1.165) is 31.7 Å². The third-order valence-corrected chi connectivity index (χ3v) is 6.82. The molecule has 0 bridgehead atoms. The number of benzene rings is 3. The lowest BCUT2D eigenvalue weighted by atomic mass is 9.86. The second-order valence-electron chi connectivity index (χ2n) is 10.1. The van der Waals surface area contributed by atoms with Gasteiger partial charge in [-0.1, -0.05) is 111 Å². The van der Waals surface area contributed by atoms with Crippen molar-refractivity contribution in [1.29, 1.82) is 0 Å². The summed E-state index contributed by atoms with van der Waals surface area (Å²) >= 11 is 0. The number of allylic oxidation sites excluding steroid dienone is 1. The third-order valence-electron chi connectivity index (χ3n) is 6.82. The van der Waals surface area contributed by atoms with Crippen molar-refractivity contribution >= 4 is 11.1 Å². The Morgan fingerprint density at radius 2 is 1.14 bits per heavy atom. The van der Waals surface area contributed by atoms with Crippen LogP contribution in [0.4, 0.5) is 0 Å². The molecule has 0 aliphatic heterocycles. The van der Waals surface area contributed by atoms with Gasteiger partial charge >= 0.3 is 0 Å². The number of likely N-dealkylation sites (N-methyl/N-ethyl adjacent to an activating group) is 1. The number of hydrogen-bond acceptors (Lipinski definition) is 3. The van der Waals surface area contributed by atoms with Crippen molar-refractivity contribution in [2.75, 3.05) is 33.8 Å². The molecule has 0 fully saturated rings. The van der Waals surface area contributed by atoms with Crippen LogP contribution in [0, 0.1) is 0 Å². The molecule has 0 radical (unpaired) electrons. The fourth-order valence-electron chi connectivity index (χ4n) is 4.74. The van der Waals surface area contributed by atoms with Crippen molar-refractivity contribution in [2.45, 2.75) is 57.8 Å². The summed E-state index contributed by atoms with van der Waals surface area (Å²) in [6.45, 7) is 2.42. The highest BCUT2D eigenvalue weighted by Crippen LogP contribution is 2.36. The van der Waals surface area contributed by atoms with Gasteiger partial charge in [-0.05, 0) is 79.9 Å². The first kappa shape index (κ1) is 28.7. The van der Waals surface area contributed by atoms with E-state index in [2.05, 4.69) is 104 Å². The number of nitrogens with two attached hydrogens (primary N) is 1. The molecule has 198 valence electrons. The Morgan fingerprint density at radius 1 is 0.622 bits per heavy atom. The van der Waals surface area contributed by atoms with Gasteiger partial charge in [0.1, 0.15) is 12.4 Å². The minimum absolute atomic E-state index is 0.690. The second kappa shape index (κ2) is 16.8. The Balaban J connectivity index is 1.80. The number of nitrogens with zero attached hydrogens (tertiary/aromatic N) is 1. The zero-order chi connectivity index (χ0) is 26.1. The zero-order valence-corrected chi connectivity index (χ0v) is 23.0. The van der Waals surface area contributed by atoms with Crippen LogP contribution in [0.2, 0.25) is 0 Å². The van der Waals surface area contributed by atoms with Crippen LogP contribution in [0.1, 0.15) is 74.5 Å². The van der Waals surface area contributed by atoms with Gasteiger partial charge in [-0.15, -0.1) is 0 Å². The van der Waals surface area contributed by atoms with Crippen LogP contribution in [0.25, 0.3) is 11.1 Å². The zero-order valence-electron chi connectivity index (χ0n) is 23.0. The number of unbranched alkanes of at least 4 members (excludes halogenated alkanes) is 7. The molecular weight excluding hydrogens is 452 g/mol. The summed E-state index contributed by atoms with van der Waals surface area (Å²) in [6, 6.07) is 30.4. The molecule has 0 aliphatic carbocycles. The second-order valence-corrected chi connectivity index (χ2v) is 10.1. The summed E-state index contributed by atoms with van der Waals surface area (Å²) in [4.78, 5) is 2.14. The van der Waals surface area contributed by atoms with Crippen molar-refractivity contribution in [3.05, 3.63) is 102 Å². The van der Waals surface area contributed by atoms with Gasteiger partial charge in [0.15, 0.2) is 0 Å². The molecule has 37 heavy (non-hydrogen) atoms. The average Bonchev–Trinajstić information content (AvgIpc) is 2.93. The first-order valence-electron chi connectivity index (χ1n) is 14.1. The van der Waals surface area contributed by atoms with Crippen molar-refractivity contribution in [3.63, 3.8) is 0 Å². The van der Waals surface area contributed by atoms with Gasteiger partial charge in [0.25, 0.3) is 0 Å². The molecule has 3 heteroatoms. The molecule has 0 aromatic heterocycles. The predicted octanol–water partition coefficient (Wildman–Crippen LogP) is 8.06. The normalized spacial score (nSPS) is 12.0. The molecule has 3 aromatic rings. The van der Waals surface area contributed by atoms with Crippen LogP contribution in [0.5, 0.6) is 5.75 Å². The van der Waals surface area contributed by atoms with Crippen molar-refractivity contribution in [1.82, 2.24) is 4.90 Å². The fraction of sp³-hybridized carbons (Fsp3) is 0.412. The van der Waals surface area contributed by atoms with Crippen molar-refractivity contribution in [2.24, 2.45) is 5.73 Å². The van der Waals surface area contributed by atoms with Gasteiger partial charge in [-0.2, -0.15) is 0 Å². The van der Waals surface area contributed by atoms with Crippen LogP contribution in [0.15, 0.2) is 84.9 Å². The lowest BCUT2D eigenvalue weighted by Gasteiger charge is -2.18. The molecule has 0 atom stereocenters. The van der Waals surface area contributed by atoms with Crippen LogP contribution in [-0.4, -0.2) is 38.7 Å². The van der Waals surface area contributed by atoms with Crippen molar-refractivity contribution in [3.8, 4) is 5.75 Å². The highest BCUT2D eigenvalue weighted by molar-refractivity contribution is 5.98. The van der Waals surface area contributed by atoms with E-state index in [1.165, 1.54) is 72.8 Å². The van der Waals surface area contributed by atoms with Gasteiger partial charge in [-0.25, -0.2) is 0 Å². The van der Waals surface area contributed by atoms with Gasteiger partial charge in [-0.3, -0.25) is 0 Å². The van der Waals surface area contributed by atoms with Crippen molar-refractivity contribution < 1.29 is 4.74 Å². The van der Waals surface area contributed by atoms with Crippen LogP contribution in [0.3, 0.4) is 0 Å². The lowest BCUT2D eigenvalue weighted by Crippen LogP contribution is -2.19. The monoisotopic (exact) mass is 498 g/mol. The quantitative estimate of drug-likeness (QED) is 0.151. The Kier molecular flexibility index (Phi) is 13.0. The lowest BCUT2D eigenvalue weighted by molar-refractivity contribution is 0.261. The van der Waals surface area contributed by atoms with E-state index in [1.54, 1.807) is 0 Å². The Labute approximate surface area is 225 Å². The van der Waals surface area contributed by atoms with E-state index in [-0.39, 0.29) is 0 Å².